The quantitative estimate of drug-likeness (QED) is 0.521. The fourth-order valence-corrected chi connectivity index (χ4v) is 5.85. The lowest BCUT2D eigenvalue weighted by Gasteiger charge is -2.38. The van der Waals surface area contributed by atoms with Crippen LogP contribution in [0.4, 0.5) is 33.5 Å². The van der Waals surface area contributed by atoms with Crippen molar-refractivity contribution in [1.29, 1.82) is 0 Å². The number of anilines is 2. The monoisotopic (exact) mass is 495 g/mol. The zero-order valence-electron chi connectivity index (χ0n) is 18.7. The molecule has 2 unspecified atom stereocenters. The van der Waals surface area contributed by atoms with Gasteiger partial charge in [-0.05, 0) is 37.2 Å². The van der Waals surface area contributed by atoms with E-state index in [1.54, 1.807) is 12.3 Å². The fraction of sp³-hybridized carbons (Fsp3) is 0.545. The van der Waals surface area contributed by atoms with E-state index in [1.807, 2.05) is 0 Å². The van der Waals surface area contributed by atoms with Crippen LogP contribution in [0, 0.1) is 10.8 Å². The van der Waals surface area contributed by atoms with Crippen molar-refractivity contribution in [3.63, 3.8) is 0 Å². The molecule has 0 bridgehead atoms. The number of nitrogens with zero attached hydrogens (tertiary/aromatic N) is 5. The number of hydrogen-bond acceptors (Lipinski definition) is 5. The highest BCUT2D eigenvalue weighted by Crippen LogP contribution is 2.78. The van der Waals surface area contributed by atoms with Gasteiger partial charge in [-0.2, -0.15) is 23.4 Å². The highest BCUT2D eigenvalue weighted by atomic mass is 19.4. The molecule has 1 amide bonds. The molecule has 0 radical (unpaired) electrons. The molecule has 2 spiro atoms. The summed E-state index contributed by atoms with van der Waals surface area (Å²) in [5.41, 5.74) is -2.05. The van der Waals surface area contributed by atoms with Gasteiger partial charge in [0.25, 0.3) is 5.91 Å². The zero-order valence-corrected chi connectivity index (χ0v) is 18.7. The number of carbonyl (C=O) groups excluding carboxylic acids is 1. The molecular weight excluding hydrogens is 473 g/mol. The minimum atomic E-state index is -4.74. The summed E-state index contributed by atoms with van der Waals surface area (Å²) in [5.74, 6) is -3.09. The molecule has 2 atom stereocenters. The maximum absolute atomic E-state index is 14.2. The third-order valence-corrected chi connectivity index (χ3v) is 7.81. The number of carbonyl (C=O) groups is 1. The van der Waals surface area contributed by atoms with Crippen molar-refractivity contribution in [3.8, 4) is 0 Å². The molecule has 3 aromatic heterocycles. The number of rotatable bonds is 4. The van der Waals surface area contributed by atoms with Crippen LogP contribution in [0.1, 0.15) is 54.6 Å². The van der Waals surface area contributed by atoms with Crippen molar-refractivity contribution < 1.29 is 26.7 Å². The third-order valence-electron chi connectivity index (χ3n) is 7.81. The van der Waals surface area contributed by atoms with Crippen LogP contribution >= 0.6 is 0 Å². The molecule has 3 saturated carbocycles. The minimum absolute atomic E-state index is 0.0159. The second-order valence-electron chi connectivity index (χ2n) is 10.0. The van der Waals surface area contributed by atoms with Gasteiger partial charge in [0, 0.05) is 43.7 Å². The Kier molecular flexibility index (Phi) is 4.39. The summed E-state index contributed by atoms with van der Waals surface area (Å²) in [4.78, 5) is 17.3. The first-order valence-electron chi connectivity index (χ1n) is 11.3. The van der Waals surface area contributed by atoms with Crippen molar-refractivity contribution in [1.82, 2.24) is 24.4 Å². The van der Waals surface area contributed by atoms with Crippen LogP contribution in [0.5, 0.6) is 0 Å². The predicted molar refractivity (Wildman–Crippen MR) is 114 cm³/mol. The Morgan fingerprint density at radius 1 is 1.20 bits per heavy atom. The van der Waals surface area contributed by atoms with Crippen LogP contribution in [0.25, 0.3) is 5.65 Å². The summed E-state index contributed by atoms with van der Waals surface area (Å²) in [6.45, 7) is 0. The van der Waals surface area contributed by atoms with E-state index in [1.165, 1.54) is 17.8 Å². The topological polar surface area (TPSA) is 89.1 Å². The first kappa shape index (κ1) is 22.2. The van der Waals surface area contributed by atoms with Crippen molar-refractivity contribution >= 4 is 23.1 Å². The predicted octanol–water partition coefficient (Wildman–Crippen LogP) is 4.50. The molecule has 35 heavy (non-hydrogen) atoms. The van der Waals surface area contributed by atoms with Crippen LogP contribution in [0.15, 0.2) is 24.7 Å². The van der Waals surface area contributed by atoms with E-state index in [0.717, 1.165) is 23.7 Å². The molecule has 6 rings (SSSR count). The molecule has 3 fully saturated rings. The molecule has 2 N–H and O–H groups in total. The normalized spacial score (nSPS) is 26.3. The number of halogens is 5. The van der Waals surface area contributed by atoms with E-state index >= 15 is 0 Å². The van der Waals surface area contributed by atoms with Crippen LogP contribution in [-0.2, 0) is 13.2 Å². The molecule has 8 nitrogen and oxygen atoms in total. The smallest absolute Gasteiger partial charge is 0.367 e. The number of fused-ring (bicyclic) bond motifs is 2. The van der Waals surface area contributed by atoms with E-state index in [4.69, 9.17) is 0 Å². The number of amides is 1. The second kappa shape index (κ2) is 6.91. The second-order valence-corrected chi connectivity index (χ2v) is 10.0. The Balaban J connectivity index is 1.24. The molecule has 186 valence electrons. The average molecular weight is 495 g/mol. The lowest BCUT2D eigenvalue weighted by atomic mass is 9.71. The van der Waals surface area contributed by atoms with Crippen molar-refractivity contribution in [2.45, 2.75) is 56.7 Å². The summed E-state index contributed by atoms with van der Waals surface area (Å²) in [6.07, 6.45) is 2.01. The van der Waals surface area contributed by atoms with Gasteiger partial charge < -0.3 is 10.6 Å². The maximum atomic E-state index is 14.2. The Bertz CT molecular complexity index is 1340. The minimum Gasteiger partial charge on any atom is -0.367 e. The van der Waals surface area contributed by atoms with E-state index in [0.29, 0.717) is 18.7 Å². The summed E-state index contributed by atoms with van der Waals surface area (Å²) in [6, 6.07) is 1.49. The molecule has 3 heterocycles. The van der Waals surface area contributed by atoms with Crippen LogP contribution < -0.4 is 10.6 Å². The summed E-state index contributed by atoms with van der Waals surface area (Å²) >= 11 is 0. The van der Waals surface area contributed by atoms with Crippen molar-refractivity contribution in [2.75, 3.05) is 10.6 Å². The summed E-state index contributed by atoms with van der Waals surface area (Å²) in [7, 11) is 1.32. The lowest BCUT2D eigenvalue weighted by Crippen LogP contribution is -2.38. The average Bonchev–Trinajstić information content (AvgIpc) is 3.58. The molecular formula is C22H22F5N7O. The SMILES string of the molecule is Cn1cc(NC(=O)c2cnn3ccc(NC4CC45CC(F)(F)CCC54CC4)nc23)c(C(F)(F)F)n1. The maximum Gasteiger partial charge on any atom is 0.437 e. The van der Waals surface area contributed by atoms with Gasteiger partial charge in [0.1, 0.15) is 11.4 Å². The van der Waals surface area contributed by atoms with Gasteiger partial charge in [0.05, 0.1) is 11.9 Å². The van der Waals surface area contributed by atoms with Gasteiger partial charge in [-0.1, -0.05) is 0 Å². The van der Waals surface area contributed by atoms with Crippen LogP contribution in [0.2, 0.25) is 0 Å². The molecule has 3 aliphatic carbocycles. The van der Waals surface area contributed by atoms with Crippen LogP contribution in [-0.4, -0.2) is 42.3 Å². The van der Waals surface area contributed by atoms with Crippen molar-refractivity contribution in [2.24, 2.45) is 17.9 Å². The Labute approximate surface area is 195 Å². The Morgan fingerprint density at radius 2 is 1.94 bits per heavy atom. The fourth-order valence-electron chi connectivity index (χ4n) is 5.85. The first-order chi connectivity index (χ1) is 16.4. The standard InChI is InChI=1S/C22H22F5N7O/c1-33-10-13(16(32-33)22(25,26)27)29-18(35)12-9-28-34-7-2-15(31-17(12)34)30-14-8-20(14)11-21(23,24)6-5-19(20)3-4-19/h2,7,9-10,14H,3-6,8,11H2,1H3,(H,29,35)(H,30,31). The van der Waals surface area contributed by atoms with Crippen LogP contribution in [0.3, 0.4) is 0 Å². The van der Waals surface area contributed by atoms with E-state index < -0.39 is 34.8 Å². The molecule has 3 aromatic rings. The largest absolute Gasteiger partial charge is 0.437 e. The number of aromatic nitrogens is 5. The van der Waals surface area contributed by atoms with E-state index in [9.17, 15) is 26.7 Å². The van der Waals surface area contributed by atoms with Gasteiger partial charge in [-0.3, -0.25) is 9.48 Å². The zero-order chi connectivity index (χ0) is 24.8. The molecule has 0 saturated heterocycles. The van der Waals surface area contributed by atoms with E-state index in [2.05, 4.69) is 25.8 Å². The van der Waals surface area contributed by atoms with Crippen molar-refractivity contribution in [3.05, 3.63) is 35.9 Å². The summed E-state index contributed by atoms with van der Waals surface area (Å²) < 4.78 is 70.5. The van der Waals surface area contributed by atoms with Gasteiger partial charge >= 0.3 is 6.18 Å². The van der Waals surface area contributed by atoms with Gasteiger partial charge in [-0.15, -0.1) is 0 Å². The van der Waals surface area contributed by atoms with E-state index in [-0.39, 0.29) is 35.5 Å². The number of aryl methyl sites for hydroxylation is 1. The van der Waals surface area contributed by atoms with Gasteiger partial charge in [0.2, 0.25) is 5.92 Å². The summed E-state index contributed by atoms with van der Waals surface area (Å²) in [5, 5.41) is 12.9. The lowest BCUT2D eigenvalue weighted by molar-refractivity contribution is -0.140. The molecule has 13 heteroatoms. The van der Waals surface area contributed by atoms with Gasteiger partial charge in [0.15, 0.2) is 11.3 Å². The highest BCUT2D eigenvalue weighted by molar-refractivity contribution is 6.08. The molecule has 0 aliphatic heterocycles. The van der Waals surface area contributed by atoms with Gasteiger partial charge in [-0.25, -0.2) is 18.3 Å². The first-order valence-corrected chi connectivity index (χ1v) is 11.3. The Morgan fingerprint density at radius 3 is 2.66 bits per heavy atom. The number of alkyl halides is 5. The molecule has 0 aromatic carbocycles. The Hall–Kier alpha value is -3.25. The third kappa shape index (κ3) is 3.54. The molecule has 3 aliphatic rings. The number of hydrogen-bond donors (Lipinski definition) is 2. The highest BCUT2D eigenvalue weighted by Gasteiger charge is 2.75. The number of nitrogens with one attached hydrogen (secondary N) is 2.